The molecule has 0 aromatic heterocycles. The van der Waals surface area contributed by atoms with E-state index in [1.807, 2.05) is 0 Å². The van der Waals surface area contributed by atoms with Crippen molar-refractivity contribution < 1.29 is 9.84 Å². The molecule has 1 aliphatic heterocycles. The molecule has 146 valence electrons. The van der Waals surface area contributed by atoms with Crippen molar-refractivity contribution in [2.45, 2.75) is 39.3 Å². The standard InChI is InChI=1S/C20H34N4O2/c1-3-4-9-21-20(22-14-18-7-5-17(2)6-8-18)23-15-19(25)16-24-10-12-26-13-11-24/h5-8,19,25H,3-4,9-16H2,1-2H3,(H2,21,22,23). The highest BCUT2D eigenvalue weighted by molar-refractivity contribution is 5.79. The van der Waals surface area contributed by atoms with Crippen molar-refractivity contribution in [3.05, 3.63) is 35.4 Å². The number of aliphatic imine (C=N–C) groups is 1. The van der Waals surface area contributed by atoms with Gasteiger partial charge in [0.25, 0.3) is 0 Å². The van der Waals surface area contributed by atoms with Gasteiger partial charge in [-0.15, -0.1) is 0 Å². The Morgan fingerprint density at radius 2 is 1.96 bits per heavy atom. The van der Waals surface area contributed by atoms with Crippen LogP contribution in [0.2, 0.25) is 0 Å². The van der Waals surface area contributed by atoms with Crippen molar-refractivity contribution >= 4 is 5.96 Å². The molecular weight excluding hydrogens is 328 g/mol. The predicted molar refractivity (Wildman–Crippen MR) is 106 cm³/mol. The Kier molecular flexibility index (Phi) is 9.45. The summed E-state index contributed by atoms with van der Waals surface area (Å²) in [6.45, 7) is 10.2. The molecular formula is C20H34N4O2. The summed E-state index contributed by atoms with van der Waals surface area (Å²) in [5, 5.41) is 16.9. The third-order valence-electron chi connectivity index (χ3n) is 4.44. The molecule has 1 unspecified atom stereocenters. The molecule has 3 N–H and O–H groups in total. The van der Waals surface area contributed by atoms with E-state index in [2.05, 4.69) is 58.6 Å². The molecule has 0 spiro atoms. The van der Waals surface area contributed by atoms with Gasteiger partial charge in [-0.2, -0.15) is 0 Å². The van der Waals surface area contributed by atoms with Crippen molar-refractivity contribution in [3.63, 3.8) is 0 Å². The zero-order valence-corrected chi connectivity index (χ0v) is 16.2. The highest BCUT2D eigenvalue weighted by Gasteiger charge is 2.15. The van der Waals surface area contributed by atoms with Crippen LogP contribution in [0.5, 0.6) is 0 Å². The maximum absolute atomic E-state index is 10.3. The lowest BCUT2D eigenvalue weighted by molar-refractivity contribution is 0.0156. The Labute approximate surface area is 157 Å². The molecule has 0 amide bonds. The summed E-state index contributed by atoms with van der Waals surface area (Å²) in [6.07, 6.45) is 1.81. The first-order valence-corrected chi connectivity index (χ1v) is 9.73. The molecule has 1 heterocycles. The predicted octanol–water partition coefficient (Wildman–Crippen LogP) is 1.52. The highest BCUT2D eigenvalue weighted by Crippen LogP contribution is 2.04. The van der Waals surface area contributed by atoms with Gasteiger partial charge in [0.05, 0.1) is 25.9 Å². The van der Waals surface area contributed by atoms with Gasteiger partial charge in [-0.25, -0.2) is 4.99 Å². The first-order chi connectivity index (χ1) is 12.7. The Morgan fingerprint density at radius 1 is 1.23 bits per heavy atom. The van der Waals surface area contributed by atoms with E-state index in [0.717, 1.165) is 51.6 Å². The number of morpholine rings is 1. The Balaban J connectivity index is 1.82. The van der Waals surface area contributed by atoms with Gasteiger partial charge in [-0.1, -0.05) is 43.2 Å². The lowest BCUT2D eigenvalue weighted by atomic mass is 10.1. The number of aliphatic hydroxyl groups is 1. The zero-order valence-electron chi connectivity index (χ0n) is 16.2. The third kappa shape index (κ3) is 8.17. The van der Waals surface area contributed by atoms with Crippen LogP contribution in [0.1, 0.15) is 30.9 Å². The van der Waals surface area contributed by atoms with Crippen LogP contribution in [0.25, 0.3) is 0 Å². The minimum atomic E-state index is -0.425. The molecule has 1 fully saturated rings. The maximum Gasteiger partial charge on any atom is 0.191 e. The summed E-state index contributed by atoms with van der Waals surface area (Å²) in [4.78, 5) is 6.90. The molecule has 6 nitrogen and oxygen atoms in total. The fourth-order valence-electron chi connectivity index (χ4n) is 2.78. The van der Waals surface area contributed by atoms with Gasteiger partial charge in [0.15, 0.2) is 5.96 Å². The van der Waals surface area contributed by atoms with Crippen molar-refractivity contribution in [1.82, 2.24) is 15.5 Å². The summed E-state index contributed by atoms with van der Waals surface area (Å²) in [7, 11) is 0. The van der Waals surface area contributed by atoms with Gasteiger partial charge in [-0.3, -0.25) is 4.90 Å². The van der Waals surface area contributed by atoms with E-state index in [1.165, 1.54) is 11.1 Å². The van der Waals surface area contributed by atoms with E-state index in [1.54, 1.807) is 0 Å². The molecule has 0 saturated carbocycles. The molecule has 0 aliphatic carbocycles. The molecule has 26 heavy (non-hydrogen) atoms. The number of aliphatic hydroxyl groups excluding tert-OH is 1. The Bertz CT molecular complexity index is 527. The highest BCUT2D eigenvalue weighted by atomic mass is 16.5. The number of nitrogens with zero attached hydrogens (tertiary/aromatic N) is 2. The molecule has 1 atom stereocenters. The van der Waals surface area contributed by atoms with E-state index < -0.39 is 6.10 Å². The Morgan fingerprint density at radius 3 is 2.65 bits per heavy atom. The van der Waals surface area contributed by atoms with Crippen LogP contribution in [0, 0.1) is 6.92 Å². The largest absolute Gasteiger partial charge is 0.390 e. The lowest BCUT2D eigenvalue weighted by Crippen LogP contribution is -2.47. The zero-order chi connectivity index (χ0) is 18.6. The molecule has 1 saturated heterocycles. The minimum absolute atomic E-state index is 0.425. The molecule has 0 bridgehead atoms. The first kappa shape index (κ1) is 20.7. The summed E-state index contributed by atoms with van der Waals surface area (Å²) in [5.74, 6) is 0.764. The van der Waals surface area contributed by atoms with Crippen LogP contribution in [-0.4, -0.2) is 68.0 Å². The molecule has 6 heteroatoms. The summed E-state index contributed by atoms with van der Waals surface area (Å²) in [6, 6.07) is 8.43. The number of hydrogen-bond donors (Lipinski definition) is 3. The first-order valence-electron chi connectivity index (χ1n) is 9.73. The van der Waals surface area contributed by atoms with Gasteiger partial charge in [-0.05, 0) is 18.9 Å². The fraction of sp³-hybridized carbons (Fsp3) is 0.650. The number of hydrogen-bond acceptors (Lipinski definition) is 4. The lowest BCUT2D eigenvalue weighted by Gasteiger charge is -2.28. The minimum Gasteiger partial charge on any atom is -0.390 e. The quantitative estimate of drug-likeness (QED) is 0.353. The molecule has 1 aromatic rings. The second-order valence-electron chi connectivity index (χ2n) is 6.88. The number of ether oxygens (including phenoxy) is 1. The smallest absolute Gasteiger partial charge is 0.191 e. The van der Waals surface area contributed by atoms with E-state index >= 15 is 0 Å². The average Bonchev–Trinajstić information content (AvgIpc) is 2.66. The van der Waals surface area contributed by atoms with Gasteiger partial charge >= 0.3 is 0 Å². The number of guanidine groups is 1. The van der Waals surface area contributed by atoms with Crippen LogP contribution in [-0.2, 0) is 11.3 Å². The van der Waals surface area contributed by atoms with E-state index in [4.69, 9.17) is 4.74 Å². The SMILES string of the molecule is CCCCNC(=NCc1ccc(C)cc1)NCC(O)CN1CCOCC1. The maximum atomic E-state index is 10.3. The molecule has 0 radical (unpaired) electrons. The number of benzene rings is 1. The number of unbranched alkanes of at least 4 members (excludes halogenated alkanes) is 1. The van der Waals surface area contributed by atoms with Gasteiger partial charge in [0.2, 0.25) is 0 Å². The van der Waals surface area contributed by atoms with Gasteiger partial charge in [0, 0.05) is 32.7 Å². The van der Waals surface area contributed by atoms with Crippen LogP contribution in [0.15, 0.2) is 29.3 Å². The second kappa shape index (κ2) is 11.9. The van der Waals surface area contributed by atoms with Crippen molar-refractivity contribution in [3.8, 4) is 0 Å². The van der Waals surface area contributed by atoms with Crippen molar-refractivity contribution in [2.75, 3.05) is 45.9 Å². The normalized spacial score (nSPS) is 17.1. The third-order valence-corrected chi connectivity index (χ3v) is 4.44. The Hall–Kier alpha value is -1.63. The van der Waals surface area contributed by atoms with Crippen molar-refractivity contribution in [2.24, 2.45) is 4.99 Å². The van der Waals surface area contributed by atoms with Crippen LogP contribution in [0.3, 0.4) is 0 Å². The number of nitrogens with one attached hydrogen (secondary N) is 2. The molecule has 1 aromatic carbocycles. The summed E-state index contributed by atoms with van der Waals surface area (Å²) in [5.41, 5.74) is 2.43. The van der Waals surface area contributed by atoms with Gasteiger partial charge < -0.3 is 20.5 Å². The van der Waals surface area contributed by atoms with Gasteiger partial charge in [0.1, 0.15) is 0 Å². The van der Waals surface area contributed by atoms with E-state index in [-0.39, 0.29) is 0 Å². The summed E-state index contributed by atoms with van der Waals surface area (Å²) < 4.78 is 5.35. The van der Waals surface area contributed by atoms with E-state index in [9.17, 15) is 5.11 Å². The van der Waals surface area contributed by atoms with Crippen LogP contribution >= 0.6 is 0 Å². The number of rotatable bonds is 9. The molecule has 1 aliphatic rings. The topological polar surface area (TPSA) is 69.1 Å². The van der Waals surface area contributed by atoms with Crippen LogP contribution < -0.4 is 10.6 Å². The summed E-state index contributed by atoms with van der Waals surface area (Å²) >= 11 is 0. The number of aryl methyl sites for hydroxylation is 1. The van der Waals surface area contributed by atoms with Crippen molar-refractivity contribution in [1.29, 1.82) is 0 Å². The number of β-amino-alcohol motifs (C(OH)–C–C–N with tert-alkyl or cyclic N) is 1. The molecule has 2 rings (SSSR count). The monoisotopic (exact) mass is 362 g/mol. The fourth-order valence-corrected chi connectivity index (χ4v) is 2.78. The second-order valence-corrected chi connectivity index (χ2v) is 6.88. The average molecular weight is 363 g/mol. The van der Waals surface area contributed by atoms with Crippen LogP contribution in [0.4, 0.5) is 0 Å². The van der Waals surface area contributed by atoms with E-state index in [0.29, 0.717) is 19.6 Å².